The average Bonchev–Trinajstić information content (AvgIpc) is 3.71. The molecule has 4 aromatic heterocycles. The smallest absolute Gasteiger partial charge is 0.329 e. The first-order chi connectivity index (χ1) is 27.1. The van der Waals surface area contributed by atoms with Gasteiger partial charge >= 0.3 is 6.18 Å². The quantitative estimate of drug-likeness (QED) is 0.184. The maximum absolute atomic E-state index is 12.0. The standard InChI is InChI=1S/C19H23N5O2S.C14H19N3O2S.C5H2ClF3N2/c1-12(2)17-18-22-15-6-5-14(27(4,25)26)11-16(15)23(18)9-10-24(17)19-20-8-7-13(3)21-19;1-9(2)13-14-16-11-5-4-10(20(3,18)19)8-12(11)17(14)7-6-15-13;6-4-10-2-1-3(11-4)5(7,8)9/h5-8,11-12,17H,9-10H2,1-4H3;4-5,8-9,13,15H,6-7H2,1-3H3;1-2H. The van der Waals surface area contributed by atoms with Crippen molar-refractivity contribution in [2.24, 2.45) is 11.8 Å². The van der Waals surface area contributed by atoms with Crippen LogP contribution in [-0.2, 0) is 38.9 Å². The highest BCUT2D eigenvalue weighted by Gasteiger charge is 2.35. The molecule has 6 aromatic rings. The lowest BCUT2D eigenvalue weighted by Gasteiger charge is -2.38. The maximum Gasteiger partial charge on any atom is 0.433 e. The Morgan fingerprint density at radius 2 is 1.31 bits per heavy atom. The summed E-state index contributed by atoms with van der Waals surface area (Å²) in [5.41, 5.74) is 3.35. The lowest BCUT2D eigenvalue weighted by Crippen LogP contribution is -2.41. The van der Waals surface area contributed by atoms with E-state index in [-0.39, 0.29) is 12.1 Å². The van der Waals surface area contributed by atoms with Crippen molar-refractivity contribution in [2.45, 2.75) is 75.8 Å². The van der Waals surface area contributed by atoms with E-state index >= 15 is 0 Å². The highest BCUT2D eigenvalue weighted by Crippen LogP contribution is 2.37. The molecule has 2 atom stereocenters. The van der Waals surface area contributed by atoms with E-state index in [1.54, 1.807) is 42.6 Å². The highest BCUT2D eigenvalue weighted by molar-refractivity contribution is 7.91. The number of rotatable bonds is 5. The summed E-state index contributed by atoms with van der Waals surface area (Å²) in [5.74, 6) is 3.39. The molecule has 310 valence electrons. The number of imidazole rings is 2. The predicted octanol–water partition coefficient (Wildman–Crippen LogP) is 6.64. The van der Waals surface area contributed by atoms with Crippen LogP contribution in [0.4, 0.5) is 19.1 Å². The third-order valence-corrected chi connectivity index (χ3v) is 12.2. The fourth-order valence-corrected chi connectivity index (χ4v) is 8.46. The molecule has 6 heterocycles. The van der Waals surface area contributed by atoms with Gasteiger partial charge in [-0.15, -0.1) is 0 Å². The number of sulfone groups is 2. The van der Waals surface area contributed by atoms with E-state index in [1.807, 2.05) is 13.0 Å². The van der Waals surface area contributed by atoms with Crippen molar-refractivity contribution in [1.29, 1.82) is 0 Å². The Morgan fingerprint density at radius 1 is 0.741 bits per heavy atom. The van der Waals surface area contributed by atoms with Crippen LogP contribution in [0, 0.1) is 18.8 Å². The Kier molecular flexibility index (Phi) is 12.2. The minimum absolute atomic E-state index is 0.0228. The number of alkyl halides is 3. The minimum atomic E-state index is -4.45. The summed E-state index contributed by atoms with van der Waals surface area (Å²) in [6.45, 7) is 13.7. The molecule has 1 N–H and O–H groups in total. The fourth-order valence-electron chi connectivity index (χ4n) is 7.03. The van der Waals surface area contributed by atoms with Gasteiger partial charge in [-0.1, -0.05) is 27.7 Å². The molecule has 20 heteroatoms. The summed E-state index contributed by atoms with van der Waals surface area (Å²) in [5, 5.41) is 3.08. The van der Waals surface area contributed by atoms with Crippen molar-refractivity contribution < 1.29 is 30.0 Å². The van der Waals surface area contributed by atoms with Gasteiger partial charge in [0.2, 0.25) is 11.2 Å². The van der Waals surface area contributed by atoms with E-state index in [4.69, 9.17) is 16.6 Å². The van der Waals surface area contributed by atoms with Crippen LogP contribution in [-0.4, -0.2) is 81.5 Å². The monoisotopic (exact) mass is 860 g/mol. The lowest BCUT2D eigenvalue weighted by atomic mass is 10.00. The van der Waals surface area contributed by atoms with Gasteiger partial charge < -0.3 is 19.4 Å². The first kappa shape index (κ1) is 42.9. The molecule has 8 rings (SSSR count). The number of hydrogen-bond donors (Lipinski definition) is 1. The highest BCUT2D eigenvalue weighted by atomic mass is 35.5. The van der Waals surface area contributed by atoms with Crippen LogP contribution >= 0.6 is 11.6 Å². The average molecular weight is 861 g/mol. The Balaban J connectivity index is 0.000000160. The van der Waals surface area contributed by atoms with Gasteiger partial charge in [-0.3, -0.25) is 0 Å². The van der Waals surface area contributed by atoms with Crippen molar-refractivity contribution in [3.05, 3.63) is 89.2 Å². The lowest BCUT2D eigenvalue weighted by molar-refractivity contribution is -0.141. The second-order valence-corrected chi connectivity index (χ2v) is 19.2. The van der Waals surface area contributed by atoms with E-state index in [9.17, 15) is 30.0 Å². The van der Waals surface area contributed by atoms with E-state index in [1.165, 1.54) is 12.5 Å². The van der Waals surface area contributed by atoms with Crippen LogP contribution in [0.2, 0.25) is 5.28 Å². The number of nitrogens with zero attached hydrogens (tertiary/aromatic N) is 9. The molecule has 0 saturated heterocycles. The minimum Gasteiger partial charge on any atom is -0.329 e. The molecular formula is C38H44ClF3N10O4S2. The van der Waals surface area contributed by atoms with Crippen molar-refractivity contribution >= 4 is 59.3 Å². The van der Waals surface area contributed by atoms with Crippen LogP contribution in [0.3, 0.4) is 0 Å². The van der Waals surface area contributed by atoms with E-state index < -0.39 is 36.8 Å². The first-order valence-corrected chi connectivity index (χ1v) is 22.6. The van der Waals surface area contributed by atoms with E-state index in [0.717, 1.165) is 71.3 Å². The second-order valence-electron chi connectivity index (χ2n) is 14.9. The second kappa shape index (κ2) is 16.5. The molecule has 0 saturated carbocycles. The molecule has 0 spiro atoms. The Hall–Kier alpha value is -4.72. The summed E-state index contributed by atoms with van der Waals surface area (Å²) in [6.07, 6.45) is 0.755. The van der Waals surface area contributed by atoms with Gasteiger partial charge in [0.15, 0.2) is 19.7 Å². The molecule has 2 aliphatic heterocycles. The SMILES string of the molecule is CC(C)C1NCCn2c1nc1ccc(S(C)(=O)=O)cc12.Cc1ccnc(N2CCn3c(nc4ccc(S(C)(=O)=O)cc43)C2C(C)C)n1.FC(F)(F)c1ccnc(Cl)n1. The molecule has 0 aliphatic carbocycles. The number of nitrogens with one attached hydrogen (secondary N) is 1. The van der Waals surface area contributed by atoms with Crippen molar-refractivity contribution in [1.82, 2.24) is 44.4 Å². The molecule has 0 fully saturated rings. The molecule has 0 radical (unpaired) electrons. The summed E-state index contributed by atoms with van der Waals surface area (Å²) >= 11 is 5.13. The molecule has 2 unspecified atom stereocenters. The summed E-state index contributed by atoms with van der Waals surface area (Å²) in [4.78, 5) is 27.8. The zero-order valence-electron chi connectivity index (χ0n) is 32.9. The van der Waals surface area contributed by atoms with Crippen LogP contribution < -0.4 is 10.2 Å². The van der Waals surface area contributed by atoms with Gasteiger partial charge in [0.25, 0.3) is 0 Å². The number of aromatic nitrogens is 8. The largest absolute Gasteiger partial charge is 0.433 e. The summed E-state index contributed by atoms with van der Waals surface area (Å²) in [7, 11) is -6.44. The third kappa shape index (κ3) is 9.27. The molecule has 2 aliphatic rings. The third-order valence-electron chi connectivity index (χ3n) is 9.75. The molecule has 14 nitrogen and oxygen atoms in total. The topological polar surface area (TPSA) is 171 Å². The zero-order valence-corrected chi connectivity index (χ0v) is 35.3. The number of halogens is 4. The maximum atomic E-state index is 12.0. The number of aryl methyl sites for hydroxylation is 1. The molecule has 58 heavy (non-hydrogen) atoms. The molecule has 2 aromatic carbocycles. The molecule has 0 bridgehead atoms. The van der Waals surface area contributed by atoms with Crippen LogP contribution in [0.1, 0.15) is 62.8 Å². The van der Waals surface area contributed by atoms with Gasteiger partial charge in [-0.05, 0) is 78.9 Å². The van der Waals surface area contributed by atoms with E-state index in [2.05, 4.69) is 72.0 Å². The first-order valence-electron chi connectivity index (χ1n) is 18.4. The molecular weight excluding hydrogens is 817 g/mol. The number of benzene rings is 2. The fraction of sp³-hybridized carbons (Fsp3) is 0.421. The van der Waals surface area contributed by atoms with Gasteiger partial charge in [0.1, 0.15) is 17.3 Å². The Bertz CT molecular complexity index is 2690. The number of fused-ring (bicyclic) bond motifs is 6. The van der Waals surface area contributed by atoms with Crippen molar-refractivity contribution in [3.8, 4) is 0 Å². The zero-order chi connectivity index (χ0) is 42.3. The van der Waals surface area contributed by atoms with Crippen molar-refractivity contribution in [2.75, 3.05) is 30.5 Å². The van der Waals surface area contributed by atoms with Gasteiger partial charge in [0.05, 0.1) is 43.9 Å². The van der Waals surface area contributed by atoms with Gasteiger partial charge in [-0.2, -0.15) is 13.2 Å². The number of hydrogen-bond acceptors (Lipinski definition) is 12. The van der Waals surface area contributed by atoms with Crippen LogP contribution in [0.15, 0.2) is 70.7 Å². The summed E-state index contributed by atoms with van der Waals surface area (Å²) < 4.78 is 87.0. The summed E-state index contributed by atoms with van der Waals surface area (Å²) in [6, 6.07) is 13.2. The van der Waals surface area contributed by atoms with Crippen LogP contribution in [0.25, 0.3) is 22.1 Å². The van der Waals surface area contributed by atoms with Crippen LogP contribution in [0.5, 0.6) is 0 Å². The van der Waals surface area contributed by atoms with Crippen molar-refractivity contribution in [3.63, 3.8) is 0 Å². The Labute approximate surface area is 339 Å². The Morgan fingerprint density at radius 3 is 1.81 bits per heavy atom. The molecule has 0 amide bonds. The van der Waals surface area contributed by atoms with Gasteiger partial charge in [-0.25, -0.2) is 46.7 Å². The van der Waals surface area contributed by atoms with Gasteiger partial charge in [0, 0.05) is 56.8 Å². The van der Waals surface area contributed by atoms with E-state index in [0.29, 0.717) is 34.1 Å². The normalized spacial score (nSPS) is 17.1. The predicted molar refractivity (Wildman–Crippen MR) is 215 cm³/mol. The number of anilines is 1.